The number of methoxy groups -OCH3 is 1. The lowest BCUT2D eigenvalue weighted by atomic mass is 9.91. The van der Waals surface area contributed by atoms with Gasteiger partial charge in [-0.25, -0.2) is 14.2 Å². The van der Waals surface area contributed by atoms with Crippen molar-refractivity contribution in [2.45, 2.75) is 38.2 Å². The Morgan fingerprint density at radius 2 is 2.19 bits per heavy atom. The zero-order valence-electron chi connectivity index (χ0n) is 17.9. The van der Waals surface area contributed by atoms with Crippen molar-refractivity contribution in [1.29, 1.82) is 0 Å². The van der Waals surface area contributed by atoms with Crippen molar-refractivity contribution < 1.29 is 23.8 Å². The smallest absolute Gasteiger partial charge is 0.332 e. The van der Waals surface area contributed by atoms with Crippen LogP contribution in [-0.4, -0.2) is 50.6 Å². The van der Waals surface area contributed by atoms with Crippen molar-refractivity contribution in [3.63, 3.8) is 0 Å². The van der Waals surface area contributed by atoms with Gasteiger partial charge in [0.25, 0.3) is 0 Å². The molecule has 0 spiro atoms. The third kappa shape index (κ3) is 3.12. The van der Waals surface area contributed by atoms with E-state index in [-0.39, 0.29) is 17.6 Å². The summed E-state index contributed by atoms with van der Waals surface area (Å²) in [7, 11) is 1.43. The maximum absolute atomic E-state index is 14.2. The van der Waals surface area contributed by atoms with Gasteiger partial charge in [0, 0.05) is 34.3 Å². The minimum atomic E-state index is -0.963. The van der Waals surface area contributed by atoms with Gasteiger partial charge in [-0.1, -0.05) is 13.8 Å². The first-order valence-electron chi connectivity index (χ1n) is 10.5. The van der Waals surface area contributed by atoms with E-state index < -0.39 is 17.9 Å². The Labute approximate surface area is 183 Å². The van der Waals surface area contributed by atoms with Crippen LogP contribution in [0.25, 0.3) is 27.8 Å². The molecule has 0 amide bonds. The third-order valence-corrected chi connectivity index (χ3v) is 6.04. The molecule has 2 atom stereocenters. The molecule has 4 heterocycles. The van der Waals surface area contributed by atoms with Gasteiger partial charge in [-0.15, -0.1) is 0 Å². The Hall–Kier alpha value is -3.46. The Balaban J connectivity index is 1.83. The van der Waals surface area contributed by atoms with Crippen LogP contribution in [0.3, 0.4) is 0 Å². The third-order valence-electron chi connectivity index (χ3n) is 6.04. The highest BCUT2D eigenvalue weighted by atomic mass is 19.1. The lowest BCUT2D eigenvalue weighted by molar-refractivity contribution is -0.147. The Morgan fingerprint density at radius 1 is 1.38 bits per heavy atom. The molecule has 166 valence electrons. The summed E-state index contributed by atoms with van der Waals surface area (Å²) in [5, 5.41) is 17.3. The van der Waals surface area contributed by atoms with Crippen molar-refractivity contribution in [1.82, 2.24) is 19.7 Å². The first-order valence-corrected chi connectivity index (χ1v) is 10.5. The number of fused-ring (bicyclic) bond motifs is 2. The normalized spacial score (nSPS) is 18.8. The predicted octanol–water partition coefficient (Wildman–Crippen LogP) is 4.13. The molecule has 9 heteroatoms. The second-order valence-electron chi connectivity index (χ2n) is 8.36. The maximum Gasteiger partial charge on any atom is 0.332 e. The molecule has 2 N–H and O–H groups in total. The van der Waals surface area contributed by atoms with Crippen LogP contribution in [0, 0.1) is 5.82 Å². The number of nitrogens with zero attached hydrogens (tertiary/aromatic N) is 3. The van der Waals surface area contributed by atoms with E-state index in [0.717, 1.165) is 33.4 Å². The van der Waals surface area contributed by atoms with E-state index in [9.17, 15) is 14.3 Å². The summed E-state index contributed by atoms with van der Waals surface area (Å²) in [4.78, 5) is 16.4. The number of nitrogens with one attached hydrogen (secondary N) is 1. The first-order chi connectivity index (χ1) is 15.4. The molecule has 0 saturated carbocycles. The number of pyridine rings is 1. The predicted molar refractivity (Wildman–Crippen MR) is 116 cm³/mol. The number of hydrogen-bond donors (Lipinski definition) is 2. The van der Waals surface area contributed by atoms with E-state index in [4.69, 9.17) is 14.5 Å². The number of aromatic amines is 1. The number of benzene rings is 1. The lowest BCUT2D eigenvalue weighted by Gasteiger charge is -2.18. The molecule has 32 heavy (non-hydrogen) atoms. The van der Waals surface area contributed by atoms with E-state index in [1.54, 1.807) is 18.3 Å². The molecule has 1 aliphatic heterocycles. The molecule has 5 rings (SSSR count). The van der Waals surface area contributed by atoms with Gasteiger partial charge < -0.3 is 19.1 Å². The molecule has 8 nitrogen and oxygen atoms in total. The van der Waals surface area contributed by atoms with Crippen molar-refractivity contribution in [3.8, 4) is 11.4 Å². The Kier molecular flexibility index (Phi) is 4.85. The van der Waals surface area contributed by atoms with Gasteiger partial charge >= 0.3 is 5.97 Å². The summed E-state index contributed by atoms with van der Waals surface area (Å²) in [5.74, 6) is -1.31. The van der Waals surface area contributed by atoms with E-state index >= 15 is 0 Å². The largest absolute Gasteiger partial charge is 0.494 e. The number of ether oxygens (including phenoxy) is 2. The van der Waals surface area contributed by atoms with Crippen molar-refractivity contribution >= 4 is 28.0 Å². The number of carboxylic acid groups (broad SMARTS) is 1. The Morgan fingerprint density at radius 3 is 2.88 bits per heavy atom. The monoisotopic (exact) mass is 438 g/mol. The summed E-state index contributed by atoms with van der Waals surface area (Å²) >= 11 is 0. The van der Waals surface area contributed by atoms with Crippen molar-refractivity contribution in [2.75, 3.05) is 13.7 Å². The average Bonchev–Trinajstić information content (AvgIpc) is 3.49. The summed E-state index contributed by atoms with van der Waals surface area (Å²) in [6.07, 6.45) is 1.22. The van der Waals surface area contributed by atoms with Gasteiger partial charge in [-0.3, -0.25) is 5.10 Å². The van der Waals surface area contributed by atoms with Crippen molar-refractivity contribution in [2.24, 2.45) is 0 Å². The lowest BCUT2D eigenvalue weighted by Crippen LogP contribution is -2.18. The number of H-pyrrole nitrogens is 1. The number of rotatable bonds is 5. The summed E-state index contributed by atoms with van der Waals surface area (Å²) in [6, 6.07) is 6.75. The van der Waals surface area contributed by atoms with Crippen LogP contribution in [-0.2, 0) is 9.53 Å². The minimum Gasteiger partial charge on any atom is -0.494 e. The van der Waals surface area contributed by atoms with Crippen LogP contribution < -0.4 is 4.74 Å². The van der Waals surface area contributed by atoms with Crippen LogP contribution >= 0.6 is 0 Å². The van der Waals surface area contributed by atoms with Crippen LogP contribution in [0.4, 0.5) is 4.39 Å². The van der Waals surface area contributed by atoms with E-state index in [0.29, 0.717) is 18.7 Å². The second kappa shape index (κ2) is 7.59. The topological polar surface area (TPSA) is 102 Å². The van der Waals surface area contributed by atoms with Gasteiger partial charge in [-0.05, 0) is 30.5 Å². The second-order valence-corrected chi connectivity index (χ2v) is 8.36. The maximum atomic E-state index is 14.2. The summed E-state index contributed by atoms with van der Waals surface area (Å²) < 4.78 is 27.0. The summed E-state index contributed by atoms with van der Waals surface area (Å²) in [6.45, 7) is 4.45. The Bertz CT molecular complexity index is 1340. The number of aromatic nitrogens is 4. The molecule has 0 aliphatic carbocycles. The quantitative estimate of drug-likeness (QED) is 0.486. The highest BCUT2D eigenvalue weighted by molar-refractivity contribution is 5.94. The zero-order valence-corrected chi connectivity index (χ0v) is 17.9. The van der Waals surface area contributed by atoms with Crippen molar-refractivity contribution in [3.05, 3.63) is 47.5 Å². The first kappa shape index (κ1) is 20.4. The molecule has 2 unspecified atom stereocenters. The molecular formula is C23H23FN4O4. The SMILES string of the molecule is COc1cc(-n2c(C(C)C)c(C3COC(C(=O)O)C3)c3nc4[nH]ncc4cc32)ccc1F. The van der Waals surface area contributed by atoms with Gasteiger partial charge in [0.1, 0.15) is 0 Å². The number of hydrogen-bond acceptors (Lipinski definition) is 5. The fourth-order valence-corrected chi connectivity index (χ4v) is 4.65. The average molecular weight is 438 g/mol. The molecule has 1 aliphatic rings. The summed E-state index contributed by atoms with van der Waals surface area (Å²) in [5.41, 5.74) is 4.93. The number of carbonyl (C=O) groups is 1. The number of halogens is 1. The van der Waals surface area contributed by atoms with Gasteiger partial charge in [0.05, 0.1) is 30.9 Å². The molecule has 3 aromatic heterocycles. The number of carboxylic acids is 1. The molecule has 1 aromatic carbocycles. The zero-order chi connectivity index (χ0) is 22.6. The molecule has 1 saturated heterocycles. The molecule has 0 bridgehead atoms. The standard InChI is InChI=1S/C23H23FN4O4/c1-11(2)21-19(13-7-18(23(29)30)32-10-13)20-16(6-12-9-25-27-22(12)26-20)28(21)14-4-5-15(24)17(8-14)31-3/h4-6,8-9,11,13,18H,7,10H2,1-3H3,(H,29,30)(H,25,26,27). The van der Waals surface area contributed by atoms with Gasteiger partial charge in [-0.2, -0.15) is 5.10 Å². The highest BCUT2D eigenvalue weighted by Crippen LogP contribution is 2.42. The van der Waals surface area contributed by atoms with Crippen LogP contribution in [0.15, 0.2) is 30.5 Å². The van der Waals surface area contributed by atoms with E-state index in [1.165, 1.54) is 13.2 Å². The van der Waals surface area contributed by atoms with Crippen LogP contribution in [0.2, 0.25) is 0 Å². The van der Waals surface area contributed by atoms with E-state index in [2.05, 4.69) is 28.6 Å². The molecule has 4 aromatic rings. The molecular weight excluding hydrogens is 415 g/mol. The number of aliphatic carboxylic acids is 1. The highest BCUT2D eigenvalue weighted by Gasteiger charge is 2.36. The van der Waals surface area contributed by atoms with Gasteiger partial charge in [0.15, 0.2) is 23.3 Å². The molecule has 1 fully saturated rings. The minimum absolute atomic E-state index is 0.0793. The fourth-order valence-electron chi connectivity index (χ4n) is 4.65. The van der Waals surface area contributed by atoms with Gasteiger partial charge in [0.2, 0.25) is 0 Å². The van der Waals surface area contributed by atoms with Crippen LogP contribution in [0.5, 0.6) is 5.75 Å². The molecule has 0 radical (unpaired) electrons. The van der Waals surface area contributed by atoms with Crippen LogP contribution in [0.1, 0.15) is 43.4 Å². The van der Waals surface area contributed by atoms with E-state index in [1.807, 2.05) is 6.07 Å². The fraction of sp³-hybridized carbons (Fsp3) is 0.348.